The van der Waals surface area contributed by atoms with Crippen molar-refractivity contribution in [1.29, 1.82) is 0 Å². The summed E-state index contributed by atoms with van der Waals surface area (Å²) in [6, 6.07) is 0. The van der Waals surface area contributed by atoms with Crippen LogP contribution in [0.15, 0.2) is 11.6 Å². The van der Waals surface area contributed by atoms with Gasteiger partial charge in [-0.1, -0.05) is 59.1 Å². The fourth-order valence-corrected chi connectivity index (χ4v) is 9.69. The molecule has 0 bridgehead atoms. The number of hydrogen-bond donors (Lipinski definition) is 1. The van der Waals surface area contributed by atoms with Crippen LogP contribution in [0.3, 0.4) is 0 Å². The molecule has 8 atom stereocenters. The monoisotopic (exact) mass is 501 g/mol. The second-order valence-corrected chi connectivity index (χ2v) is 14.4. The van der Waals surface area contributed by atoms with Crippen LogP contribution in [0.2, 0.25) is 0 Å². The van der Waals surface area contributed by atoms with E-state index in [4.69, 9.17) is 4.74 Å². The van der Waals surface area contributed by atoms with Crippen molar-refractivity contribution in [2.24, 2.45) is 40.4 Å². The van der Waals surface area contributed by atoms with E-state index in [0.717, 1.165) is 68.7 Å². The summed E-state index contributed by atoms with van der Waals surface area (Å²) in [6.07, 6.45) is 17.4. The molecule has 4 aliphatic carbocycles. The van der Waals surface area contributed by atoms with Crippen molar-refractivity contribution < 1.29 is 9.84 Å². The highest BCUT2D eigenvalue weighted by molar-refractivity contribution is 5.25. The molecule has 0 aromatic rings. The molecule has 3 saturated carbocycles. The lowest BCUT2D eigenvalue weighted by Gasteiger charge is -2.58. The van der Waals surface area contributed by atoms with Gasteiger partial charge in [0.1, 0.15) is 0 Å². The normalized spacial score (nSPS) is 39.4. The second kappa shape index (κ2) is 11.4. The van der Waals surface area contributed by atoms with Crippen molar-refractivity contribution in [2.45, 2.75) is 131 Å². The maximum atomic E-state index is 10.2. The molecule has 3 nitrogen and oxygen atoms in total. The largest absolute Gasteiger partial charge is 0.390 e. The Morgan fingerprint density at radius 3 is 2.53 bits per heavy atom. The van der Waals surface area contributed by atoms with Crippen LogP contribution in [-0.4, -0.2) is 48.0 Å². The molecule has 0 saturated heterocycles. The summed E-state index contributed by atoms with van der Waals surface area (Å²) in [6.45, 7) is 20.5. The molecule has 0 unspecified atom stereocenters. The van der Waals surface area contributed by atoms with Crippen LogP contribution in [0, 0.1) is 40.4 Å². The molecule has 4 aliphatic rings. The van der Waals surface area contributed by atoms with Crippen LogP contribution in [-0.2, 0) is 4.74 Å². The highest BCUT2D eigenvalue weighted by Gasteiger charge is 2.59. The number of fused-ring (bicyclic) bond motifs is 5. The highest BCUT2D eigenvalue weighted by Crippen LogP contribution is 2.67. The summed E-state index contributed by atoms with van der Waals surface area (Å²) in [5, 5.41) is 10.2. The lowest BCUT2D eigenvalue weighted by Crippen LogP contribution is -2.51. The molecule has 36 heavy (non-hydrogen) atoms. The highest BCUT2D eigenvalue weighted by atomic mass is 16.5. The Hall–Kier alpha value is -0.380. The van der Waals surface area contributed by atoms with E-state index in [1.54, 1.807) is 5.57 Å². The van der Waals surface area contributed by atoms with Gasteiger partial charge >= 0.3 is 0 Å². The molecule has 0 radical (unpaired) electrons. The topological polar surface area (TPSA) is 32.7 Å². The first-order chi connectivity index (χ1) is 17.0. The van der Waals surface area contributed by atoms with Gasteiger partial charge in [-0.3, -0.25) is 0 Å². The van der Waals surface area contributed by atoms with Gasteiger partial charge in [0.05, 0.1) is 18.3 Å². The molecular formula is C33H59NO2. The summed E-state index contributed by atoms with van der Waals surface area (Å²) in [5.41, 5.74) is 2.18. The molecular weight excluding hydrogens is 442 g/mol. The van der Waals surface area contributed by atoms with E-state index in [1.807, 2.05) is 13.8 Å². The third-order valence-corrected chi connectivity index (χ3v) is 11.9. The summed E-state index contributed by atoms with van der Waals surface area (Å²) in [4.78, 5) is 2.47. The van der Waals surface area contributed by atoms with E-state index in [1.165, 1.54) is 57.8 Å². The van der Waals surface area contributed by atoms with E-state index >= 15 is 0 Å². The number of aliphatic hydroxyl groups is 1. The number of likely N-dealkylation sites (N-methyl/N-ethyl adjacent to an activating group) is 1. The minimum Gasteiger partial charge on any atom is -0.390 e. The minimum absolute atomic E-state index is 0.416. The molecule has 3 fully saturated rings. The number of allylic oxidation sites excluding steroid dienone is 1. The Balaban J connectivity index is 1.37. The molecule has 0 heterocycles. The van der Waals surface area contributed by atoms with Crippen LogP contribution in [0.1, 0.15) is 119 Å². The molecule has 0 aromatic heterocycles. The van der Waals surface area contributed by atoms with Crippen LogP contribution in [0.5, 0.6) is 0 Å². The fourth-order valence-electron chi connectivity index (χ4n) is 9.69. The number of hydrogen-bond acceptors (Lipinski definition) is 3. The van der Waals surface area contributed by atoms with Gasteiger partial charge in [0.15, 0.2) is 0 Å². The molecule has 3 heteroatoms. The van der Waals surface area contributed by atoms with Gasteiger partial charge in [0.2, 0.25) is 0 Å². The van der Waals surface area contributed by atoms with Crippen molar-refractivity contribution in [3.8, 4) is 0 Å². The van der Waals surface area contributed by atoms with Crippen molar-refractivity contribution in [3.63, 3.8) is 0 Å². The molecule has 0 aromatic carbocycles. The molecule has 4 rings (SSSR count). The smallest absolute Gasteiger partial charge is 0.0613 e. The zero-order chi connectivity index (χ0) is 26.1. The van der Waals surface area contributed by atoms with Gasteiger partial charge in [-0.05, 0) is 125 Å². The Kier molecular flexibility index (Phi) is 9.05. The Morgan fingerprint density at radius 2 is 1.83 bits per heavy atom. The number of rotatable bonds is 11. The van der Waals surface area contributed by atoms with Crippen LogP contribution in [0.4, 0.5) is 0 Å². The van der Waals surface area contributed by atoms with Crippen molar-refractivity contribution in [3.05, 3.63) is 11.6 Å². The van der Waals surface area contributed by atoms with Gasteiger partial charge in [-0.25, -0.2) is 0 Å². The first-order valence-electron chi connectivity index (χ1n) is 15.8. The number of nitrogens with zero attached hydrogens (tertiary/aromatic N) is 1. The Labute approximate surface area is 223 Å². The van der Waals surface area contributed by atoms with Crippen molar-refractivity contribution >= 4 is 0 Å². The first kappa shape index (κ1) is 28.6. The van der Waals surface area contributed by atoms with Crippen LogP contribution in [0.25, 0.3) is 0 Å². The van der Waals surface area contributed by atoms with E-state index in [9.17, 15) is 5.11 Å². The van der Waals surface area contributed by atoms with Gasteiger partial charge in [-0.2, -0.15) is 0 Å². The summed E-state index contributed by atoms with van der Waals surface area (Å²) < 4.78 is 6.43. The van der Waals surface area contributed by atoms with Crippen molar-refractivity contribution in [1.82, 2.24) is 4.90 Å². The van der Waals surface area contributed by atoms with Crippen molar-refractivity contribution in [2.75, 3.05) is 26.2 Å². The maximum absolute atomic E-state index is 10.2. The molecule has 0 spiro atoms. The van der Waals surface area contributed by atoms with Gasteiger partial charge in [0, 0.05) is 6.54 Å². The molecule has 1 N–H and O–H groups in total. The molecule has 208 valence electrons. The zero-order valence-corrected chi connectivity index (χ0v) is 25.0. The predicted octanol–water partition coefficient (Wildman–Crippen LogP) is 7.87. The Bertz CT molecular complexity index is 751. The first-order valence-corrected chi connectivity index (χ1v) is 15.8. The summed E-state index contributed by atoms with van der Waals surface area (Å²) >= 11 is 0. The van der Waals surface area contributed by atoms with Crippen LogP contribution < -0.4 is 0 Å². The minimum atomic E-state index is -0.517. The van der Waals surface area contributed by atoms with E-state index < -0.39 is 5.60 Å². The van der Waals surface area contributed by atoms with E-state index in [-0.39, 0.29) is 0 Å². The average Bonchev–Trinajstić information content (AvgIpc) is 3.18. The third-order valence-electron chi connectivity index (χ3n) is 11.9. The fraction of sp³-hybridized carbons (Fsp3) is 0.939. The lowest BCUT2D eigenvalue weighted by atomic mass is 9.47. The molecule has 0 amide bonds. The lowest BCUT2D eigenvalue weighted by molar-refractivity contribution is -0.0649. The van der Waals surface area contributed by atoms with Gasteiger partial charge in [0.25, 0.3) is 0 Å². The standard InChI is InChI=1S/C33H59NO2/c1-8-34(9-2)21-22-36-26-16-19-32(6)25(23-26)12-13-27-29-15-14-28(33(29,7)20-17-30(27)32)24(3)11-10-18-31(4,5)35/h12,24,26-30,35H,8-11,13-23H2,1-7H3/t24-,26+,27+,28-,29+,30+,32+,33-/m1/s1. The molecule has 0 aliphatic heterocycles. The summed E-state index contributed by atoms with van der Waals surface area (Å²) in [5.74, 6) is 4.35. The summed E-state index contributed by atoms with van der Waals surface area (Å²) in [7, 11) is 0. The second-order valence-electron chi connectivity index (χ2n) is 14.4. The average molecular weight is 502 g/mol. The van der Waals surface area contributed by atoms with Gasteiger partial charge < -0.3 is 14.7 Å². The van der Waals surface area contributed by atoms with E-state index in [2.05, 4.69) is 45.6 Å². The van der Waals surface area contributed by atoms with Crippen LogP contribution >= 0.6 is 0 Å². The van der Waals surface area contributed by atoms with Gasteiger partial charge in [-0.15, -0.1) is 0 Å². The SMILES string of the molecule is CCN(CC)CCO[C@H]1CC[C@@]2(C)C(=CC[C@H]3[C@@H]4CC[C@H]([C@H](C)CCCC(C)(C)O)[C@@]4(C)CC[C@@H]32)C1. The predicted molar refractivity (Wildman–Crippen MR) is 152 cm³/mol. The quantitative estimate of drug-likeness (QED) is 0.292. The third kappa shape index (κ3) is 5.79. The number of ether oxygens (including phenoxy) is 1. The van der Waals surface area contributed by atoms with E-state index in [0.29, 0.717) is 16.9 Å². The maximum Gasteiger partial charge on any atom is 0.0613 e. The zero-order valence-electron chi connectivity index (χ0n) is 25.0. The Morgan fingerprint density at radius 1 is 1.08 bits per heavy atom.